The second-order valence-corrected chi connectivity index (χ2v) is 5.54. The minimum Gasteiger partial charge on any atom is -0.493 e. The zero-order chi connectivity index (χ0) is 17.7. The van der Waals surface area contributed by atoms with Gasteiger partial charge in [0, 0.05) is 18.2 Å². The van der Waals surface area contributed by atoms with Crippen molar-refractivity contribution in [2.45, 2.75) is 19.9 Å². The lowest BCUT2D eigenvalue weighted by Crippen LogP contribution is -2.26. The van der Waals surface area contributed by atoms with Crippen LogP contribution in [0.4, 0.5) is 0 Å². The van der Waals surface area contributed by atoms with Crippen LogP contribution in [0.25, 0.3) is 0 Å². The number of ether oxygens (including phenoxy) is 2. The summed E-state index contributed by atoms with van der Waals surface area (Å²) < 4.78 is 16.3. The minimum atomic E-state index is -0.115. The summed E-state index contributed by atoms with van der Waals surface area (Å²) in [5.41, 5.74) is 1.40. The molecule has 0 saturated heterocycles. The molecule has 0 radical (unpaired) electrons. The third-order valence-electron chi connectivity index (χ3n) is 3.70. The Morgan fingerprint density at radius 1 is 1.29 bits per heavy atom. The van der Waals surface area contributed by atoms with Gasteiger partial charge in [0.15, 0.2) is 11.5 Å². The Bertz CT molecular complexity index is 733. The van der Waals surface area contributed by atoms with Crippen LogP contribution in [-0.4, -0.2) is 32.1 Å². The van der Waals surface area contributed by atoms with Crippen molar-refractivity contribution < 1.29 is 18.7 Å². The number of carbonyl (C=O) groups is 1. The fourth-order valence-corrected chi connectivity index (χ4v) is 2.57. The van der Waals surface area contributed by atoms with Gasteiger partial charge in [-0.3, -0.25) is 4.79 Å². The smallest absolute Gasteiger partial charge is 0.254 e. The number of benzene rings is 1. The minimum absolute atomic E-state index is 0.115. The maximum atomic E-state index is 12.7. The zero-order valence-corrected chi connectivity index (χ0v) is 14.6. The monoisotopic (exact) mass is 329 g/mol. The molecule has 1 heterocycles. The van der Waals surface area contributed by atoms with Crippen molar-refractivity contribution >= 4 is 5.91 Å². The molecule has 2 rings (SSSR count). The summed E-state index contributed by atoms with van der Waals surface area (Å²) in [6.45, 7) is 6.03. The molecular weight excluding hydrogens is 306 g/mol. The Morgan fingerprint density at radius 3 is 2.58 bits per heavy atom. The van der Waals surface area contributed by atoms with E-state index in [-0.39, 0.29) is 5.91 Å². The number of amides is 1. The van der Waals surface area contributed by atoms with Crippen LogP contribution in [0.2, 0.25) is 0 Å². The van der Waals surface area contributed by atoms with E-state index in [0.717, 1.165) is 17.1 Å². The molecule has 2 aromatic rings. The molecule has 0 atom stereocenters. The number of furan rings is 1. The molecule has 0 fully saturated rings. The van der Waals surface area contributed by atoms with Gasteiger partial charge in [-0.25, -0.2) is 0 Å². The number of aryl methyl sites for hydroxylation is 1. The zero-order valence-electron chi connectivity index (χ0n) is 14.6. The fourth-order valence-electron chi connectivity index (χ4n) is 2.57. The summed E-state index contributed by atoms with van der Waals surface area (Å²) in [6.07, 6.45) is 2.35. The molecule has 0 aliphatic heterocycles. The van der Waals surface area contributed by atoms with Gasteiger partial charge >= 0.3 is 0 Å². The molecule has 1 amide bonds. The molecule has 5 nitrogen and oxygen atoms in total. The third kappa shape index (κ3) is 3.79. The second-order valence-electron chi connectivity index (χ2n) is 5.54. The standard InChI is InChI=1S/C19H23NO4/c1-6-7-14-10-15(11-17(22-4)18(14)23-5)19(21)20(3)12-16-9-8-13(2)24-16/h6,8-11H,1,7,12H2,2-5H3. The van der Waals surface area contributed by atoms with Crippen molar-refractivity contribution in [2.24, 2.45) is 0 Å². The van der Waals surface area contributed by atoms with Gasteiger partial charge in [-0.05, 0) is 37.6 Å². The first-order valence-electron chi connectivity index (χ1n) is 7.66. The molecule has 0 N–H and O–H groups in total. The summed E-state index contributed by atoms with van der Waals surface area (Å²) in [6, 6.07) is 7.26. The molecular formula is C19H23NO4. The van der Waals surface area contributed by atoms with Crippen LogP contribution in [0.5, 0.6) is 11.5 Å². The normalized spacial score (nSPS) is 10.3. The SMILES string of the molecule is C=CCc1cc(C(=O)N(C)Cc2ccc(C)o2)cc(OC)c1OC. The molecule has 0 saturated carbocycles. The summed E-state index contributed by atoms with van der Waals surface area (Å²) >= 11 is 0. The number of rotatable bonds is 7. The Balaban J connectivity index is 2.30. The highest BCUT2D eigenvalue weighted by atomic mass is 16.5. The molecule has 5 heteroatoms. The van der Waals surface area contributed by atoms with Crippen molar-refractivity contribution in [1.82, 2.24) is 4.90 Å². The quantitative estimate of drug-likeness (QED) is 0.728. The average molecular weight is 329 g/mol. The number of nitrogens with zero attached hydrogens (tertiary/aromatic N) is 1. The van der Waals surface area contributed by atoms with E-state index < -0.39 is 0 Å². The van der Waals surface area contributed by atoms with Crippen molar-refractivity contribution in [3.63, 3.8) is 0 Å². The van der Waals surface area contributed by atoms with Crippen LogP contribution in [0, 0.1) is 6.92 Å². The first-order chi connectivity index (χ1) is 11.5. The Hall–Kier alpha value is -2.69. The van der Waals surface area contributed by atoms with Gasteiger partial charge in [-0.1, -0.05) is 6.08 Å². The van der Waals surface area contributed by atoms with E-state index in [9.17, 15) is 4.79 Å². The predicted molar refractivity (Wildman–Crippen MR) is 92.7 cm³/mol. The third-order valence-corrected chi connectivity index (χ3v) is 3.70. The highest BCUT2D eigenvalue weighted by Gasteiger charge is 2.19. The first kappa shape index (κ1) is 17.7. The second kappa shape index (κ2) is 7.73. The van der Waals surface area contributed by atoms with Crippen LogP contribution in [0.3, 0.4) is 0 Å². The fraction of sp³-hybridized carbons (Fsp3) is 0.316. The topological polar surface area (TPSA) is 51.9 Å². The van der Waals surface area contributed by atoms with Crippen molar-refractivity contribution in [3.05, 3.63) is 59.6 Å². The maximum absolute atomic E-state index is 12.7. The van der Waals surface area contributed by atoms with Gasteiger partial charge < -0.3 is 18.8 Å². The number of methoxy groups -OCH3 is 2. The van der Waals surface area contributed by atoms with Gasteiger partial charge in [-0.2, -0.15) is 0 Å². The average Bonchev–Trinajstić information content (AvgIpc) is 2.98. The number of hydrogen-bond acceptors (Lipinski definition) is 4. The molecule has 0 bridgehead atoms. The van der Waals surface area contributed by atoms with E-state index in [2.05, 4.69) is 6.58 Å². The highest BCUT2D eigenvalue weighted by Crippen LogP contribution is 2.33. The van der Waals surface area contributed by atoms with Crippen LogP contribution in [0.1, 0.15) is 27.4 Å². The van der Waals surface area contributed by atoms with E-state index in [4.69, 9.17) is 13.9 Å². The Labute approximate surface area is 142 Å². The molecule has 128 valence electrons. The first-order valence-corrected chi connectivity index (χ1v) is 7.66. The predicted octanol–water partition coefficient (Wildman–Crippen LogP) is 3.61. The molecule has 1 aromatic heterocycles. The summed E-state index contributed by atoms with van der Waals surface area (Å²) in [7, 11) is 4.88. The molecule has 0 spiro atoms. The summed E-state index contributed by atoms with van der Waals surface area (Å²) in [5, 5.41) is 0. The molecule has 0 unspecified atom stereocenters. The molecule has 24 heavy (non-hydrogen) atoms. The lowest BCUT2D eigenvalue weighted by atomic mass is 10.0. The Morgan fingerprint density at radius 2 is 2.04 bits per heavy atom. The lowest BCUT2D eigenvalue weighted by molar-refractivity contribution is 0.0774. The van der Waals surface area contributed by atoms with Gasteiger partial charge in [0.1, 0.15) is 11.5 Å². The number of carbonyl (C=O) groups excluding carboxylic acids is 1. The Kier molecular flexibility index (Phi) is 5.68. The van der Waals surface area contributed by atoms with Crippen LogP contribution < -0.4 is 9.47 Å². The summed E-state index contributed by atoms with van der Waals surface area (Å²) in [5.74, 6) is 2.61. The number of allylic oxidation sites excluding steroid dienone is 1. The van der Waals surface area contributed by atoms with Gasteiger partial charge in [0.2, 0.25) is 0 Å². The lowest BCUT2D eigenvalue weighted by Gasteiger charge is -2.18. The van der Waals surface area contributed by atoms with Crippen molar-refractivity contribution in [3.8, 4) is 11.5 Å². The van der Waals surface area contributed by atoms with Crippen molar-refractivity contribution in [2.75, 3.05) is 21.3 Å². The van der Waals surface area contributed by atoms with Crippen molar-refractivity contribution in [1.29, 1.82) is 0 Å². The number of hydrogen-bond donors (Lipinski definition) is 0. The van der Waals surface area contributed by atoms with E-state index in [1.165, 1.54) is 0 Å². The van der Waals surface area contributed by atoms with Gasteiger partial charge in [0.25, 0.3) is 5.91 Å². The largest absolute Gasteiger partial charge is 0.493 e. The summed E-state index contributed by atoms with van der Waals surface area (Å²) in [4.78, 5) is 14.4. The van der Waals surface area contributed by atoms with E-state index in [1.54, 1.807) is 38.3 Å². The van der Waals surface area contributed by atoms with E-state index >= 15 is 0 Å². The van der Waals surface area contributed by atoms with Gasteiger partial charge in [0.05, 0.1) is 20.8 Å². The van der Waals surface area contributed by atoms with Crippen LogP contribution >= 0.6 is 0 Å². The molecule has 0 aliphatic carbocycles. The molecule has 1 aromatic carbocycles. The van der Waals surface area contributed by atoms with E-state index in [0.29, 0.717) is 30.0 Å². The van der Waals surface area contributed by atoms with Crippen LogP contribution in [-0.2, 0) is 13.0 Å². The highest BCUT2D eigenvalue weighted by molar-refractivity contribution is 5.95. The van der Waals surface area contributed by atoms with Gasteiger partial charge in [-0.15, -0.1) is 6.58 Å². The van der Waals surface area contributed by atoms with Crippen LogP contribution in [0.15, 0.2) is 41.3 Å². The molecule has 0 aliphatic rings. The maximum Gasteiger partial charge on any atom is 0.254 e. The van der Waals surface area contributed by atoms with E-state index in [1.807, 2.05) is 25.1 Å².